The standard InChI is InChI=1S/C7H5N5O2/c13-11(14)7-4-2-1-3-6(7)5-8-12-9-10-12/h1-5H. The summed E-state index contributed by atoms with van der Waals surface area (Å²) in [6.07, 6.45) is 1.35. The van der Waals surface area contributed by atoms with Crippen molar-refractivity contribution in [2.75, 3.05) is 0 Å². The van der Waals surface area contributed by atoms with Gasteiger partial charge in [0.05, 0.1) is 16.7 Å². The van der Waals surface area contributed by atoms with Crippen molar-refractivity contribution >= 4 is 11.9 Å². The third-order valence-corrected chi connectivity index (χ3v) is 1.60. The van der Waals surface area contributed by atoms with Gasteiger partial charge in [-0.15, -0.1) is 5.10 Å². The maximum Gasteiger partial charge on any atom is 0.278 e. The van der Waals surface area contributed by atoms with E-state index in [0.29, 0.717) is 5.56 Å². The molecule has 14 heavy (non-hydrogen) atoms. The smallest absolute Gasteiger partial charge is 0.258 e. The van der Waals surface area contributed by atoms with Crippen LogP contribution in [0.2, 0.25) is 0 Å². The van der Waals surface area contributed by atoms with Gasteiger partial charge in [0, 0.05) is 6.07 Å². The normalized spacial score (nSPS) is 13.6. The van der Waals surface area contributed by atoms with Gasteiger partial charge in [0.2, 0.25) is 0 Å². The second kappa shape index (κ2) is 3.21. The SMILES string of the molecule is O=[N+]([O-])c1ccccc1C=NN1N=N1. The number of nitro groups is 1. The van der Waals surface area contributed by atoms with E-state index in [1.807, 2.05) is 0 Å². The first-order chi connectivity index (χ1) is 6.77. The molecule has 1 aliphatic heterocycles. The van der Waals surface area contributed by atoms with Crippen molar-refractivity contribution < 1.29 is 4.92 Å². The molecular formula is C7H5N5O2. The Hall–Kier alpha value is -2.31. The number of hydrogen-bond acceptors (Lipinski definition) is 6. The van der Waals surface area contributed by atoms with Crippen LogP contribution < -0.4 is 0 Å². The fourth-order valence-corrected chi connectivity index (χ4v) is 0.941. The molecule has 0 N–H and O–H groups in total. The Labute approximate surface area is 78.5 Å². The zero-order valence-electron chi connectivity index (χ0n) is 6.94. The van der Waals surface area contributed by atoms with Crippen molar-refractivity contribution in [2.45, 2.75) is 0 Å². The predicted octanol–water partition coefficient (Wildman–Crippen LogP) is 1.53. The molecule has 0 bridgehead atoms. The average molecular weight is 191 g/mol. The lowest BCUT2D eigenvalue weighted by Crippen LogP contribution is -1.95. The first kappa shape index (κ1) is 8.30. The number of nitrogens with zero attached hydrogens (tertiary/aromatic N) is 5. The molecule has 2 rings (SSSR count). The Balaban J connectivity index is 2.26. The van der Waals surface area contributed by atoms with Gasteiger partial charge in [-0.25, -0.2) is 0 Å². The Bertz CT molecular complexity index is 422. The van der Waals surface area contributed by atoms with E-state index < -0.39 is 4.92 Å². The van der Waals surface area contributed by atoms with E-state index in [1.54, 1.807) is 18.2 Å². The Morgan fingerprint density at radius 2 is 2.14 bits per heavy atom. The average Bonchev–Trinajstić information content (AvgIpc) is 2.98. The molecule has 1 heterocycles. The van der Waals surface area contributed by atoms with Crippen LogP contribution in [-0.2, 0) is 0 Å². The van der Waals surface area contributed by atoms with Crippen molar-refractivity contribution in [2.24, 2.45) is 15.5 Å². The van der Waals surface area contributed by atoms with Crippen LogP contribution in [0.5, 0.6) is 0 Å². The first-order valence-electron chi connectivity index (χ1n) is 3.76. The van der Waals surface area contributed by atoms with Gasteiger partial charge in [-0.1, -0.05) is 12.1 Å². The van der Waals surface area contributed by atoms with Crippen LogP contribution >= 0.6 is 0 Å². The molecule has 0 saturated heterocycles. The molecule has 7 heteroatoms. The highest BCUT2D eigenvalue weighted by molar-refractivity contribution is 5.84. The van der Waals surface area contributed by atoms with E-state index in [4.69, 9.17) is 0 Å². The summed E-state index contributed by atoms with van der Waals surface area (Å²) in [6.45, 7) is 0. The summed E-state index contributed by atoms with van der Waals surface area (Å²) >= 11 is 0. The van der Waals surface area contributed by atoms with Crippen molar-refractivity contribution in [1.82, 2.24) is 5.23 Å². The summed E-state index contributed by atoms with van der Waals surface area (Å²) in [6, 6.07) is 6.31. The fraction of sp³-hybridized carbons (Fsp3) is 0. The molecule has 0 amide bonds. The van der Waals surface area contributed by atoms with Crippen LogP contribution in [0.3, 0.4) is 0 Å². The summed E-state index contributed by atoms with van der Waals surface area (Å²) < 4.78 is 0. The molecule has 1 aliphatic rings. The first-order valence-corrected chi connectivity index (χ1v) is 3.76. The third kappa shape index (κ3) is 1.71. The second-order valence-electron chi connectivity index (χ2n) is 2.51. The molecule has 0 aromatic heterocycles. The van der Waals surface area contributed by atoms with Crippen LogP contribution in [0.25, 0.3) is 0 Å². The minimum absolute atomic E-state index is 0.0121. The lowest BCUT2D eigenvalue weighted by atomic mass is 10.2. The van der Waals surface area contributed by atoms with Gasteiger partial charge >= 0.3 is 0 Å². The van der Waals surface area contributed by atoms with Gasteiger partial charge in [-0.3, -0.25) is 10.1 Å². The van der Waals surface area contributed by atoms with Crippen LogP contribution in [0.4, 0.5) is 5.69 Å². The summed E-state index contributed by atoms with van der Waals surface area (Å²) in [5.41, 5.74) is 0.438. The molecule has 0 atom stereocenters. The van der Waals surface area contributed by atoms with Crippen LogP contribution in [0, 0.1) is 10.1 Å². The van der Waals surface area contributed by atoms with Gasteiger partial charge in [0.25, 0.3) is 5.69 Å². The maximum atomic E-state index is 10.6. The summed E-state index contributed by atoms with van der Waals surface area (Å²) in [5, 5.41) is 22.1. The number of hydrazone groups is 1. The van der Waals surface area contributed by atoms with Gasteiger partial charge in [-0.2, -0.15) is 0 Å². The van der Waals surface area contributed by atoms with Gasteiger partial charge in [0.15, 0.2) is 0 Å². The Morgan fingerprint density at radius 3 is 2.79 bits per heavy atom. The fourth-order valence-electron chi connectivity index (χ4n) is 0.941. The Morgan fingerprint density at radius 1 is 1.43 bits per heavy atom. The highest BCUT2D eigenvalue weighted by Crippen LogP contribution is 2.16. The number of nitro benzene ring substituents is 1. The topological polar surface area (TPSA) is 83.2 Å². The number of benzene rings is 1. The molecular weight excluding hydrogens is 186 g/mol. The molecule has 1 aromatic rings. The largest absolute Gasteiger partial charge is 0.278 e. The van der Waals surface area contributed by atoms with Crippen molar-refractivity contribution in [1.29, 1.82) is 0 Å². The number of para-hydroxylation sites is 1. The lowest BCUT2D eigenvalue weighted by molar-refractivity contribution is -0.385. The van der Waals surface area contributed by atoms with E-state index >= 15 is 0 Å². The molecule has 0 radical (unpaired) electrons. The van der Waals surface area contributed by atoms with E-state index in [-0.39, 0.29) is 5.69 Å². The molecule has 0 fully saturated rings. The zero-order valence-corrected chi connectivity index (χ0v) is 6.94. The van der Waals surface area contributed by atoms with Crippen LogP contribution in [0.15, 0.2) is 39.8 Å². The summed E-state index contributed by atoms with van der Waals surface area (Å²) in [4.78, 5) is 10.1. The van der Waals surface area contributed by atoms with Crippen molar-refractivity contribution in [3.05, 3.63) is 39.9 Å². The van der Waals surface area contributed by atoms with E-state index in [9.17, 15) is 10.1 Å². The maximum absolute atomic E-state index is 10.6. The number of rotatable bonds is 3. The van der Waals surface area contributed by atoms with Gasteiger partial charge in [0.1, 0.15) is 0 Å². The monoisotopic (exact) mass is 191 g/mol. The van der Waals surface area contributed by atoms with Crippen LogP contribution in [-0.4, -0.2) is 16.4 Å². The predicted molar refractivity (Wildman–Crippen MR) is 47.4 cm³/mol. The molecule has 0 aliphatic carbocycles. The van der Waals surface area contributed by atoms with Crippen molar-refractivity contribution in [3.63, 3.8) is 0 Å². The van der Waals surface area contributed by atoms with E-state index in [2.05, 4.69) is 15.5 Å². The van der Waals surface area contributed by atoms with Crippen LogP contribution in [0.1, 0.15) is 5.56 Å². The molecule has 0 saturated carbocycles. The molecule has 70 valence electrons. The summed E-state index contributed by atoms with van der Waals surface area (Å²) in [5.74, 6) is 0. The molecule has 7 nitrogen and oxygen atoms in total. The highest BCUT2D eigenvalue weighted by Gasteiger charge is 2.12. The summed E-state index contributed by atoms with van der Waals surface area (Å²) in [7, 11) is 0. The van der Waals surface area contributed by atoms with Gasteiger partial charge < -0.3 is 0 Å². The highest BCUT2D eigenvalue weighted by atomic mass is 16.6. The molecule has 0 unspecified atom stereocenters. The minimum Gasteiger partial charge on any atom is -0.258 e. The minimum atomic E-state index is -0.460. The zero-order chi connectivity index (χ0) is 9.97. The molecule has 1 aromatic carbocycles. The van der Waals surface area contributed by atoms with Gasteiger partial charge in [-0.05, 0) is 21.7 Å². The third-order valence-electron chi connectivity index (χ3n) is 1.60. The van der Waals surface area contributed by atoms with E-state index in [0.717, 1.165) is 5.23 Å². The number of hydrogen-bond donors (Lipinski definition) is 0. The lowest BCUT2D eigenvalue weighted by Gasteiger charge is -1.94. The quantitative estimate of drug-likeness (QED) is 0.412. The Kier molecular flexibility index (Phi) is 1.90. The second-order valence-corrected chi connectivity index (χ2v) is 2.51. The van der Waals surface area contributed by atoms with E-state index in [1.165, 1.54) is 12.3 Å². The molecule has 0 spiro atoms. The van der Waals surface area contributed by atoms with Crippen molar-refractivity contribution in [3.8, 4) is 0 Å².